The van der Waals surface area contributed by atoms with Crippen molar-refractivity contribution in [2.75, 3.05) is 5.73 Å². The van der Waals surface area contributed by atoms with Crippen molar-refractivity contribution < 1.29 is 24.6 Å². The smallest absolute Gasteiger partial charge is 0.326 e. The molecule has 3 rings (SSSR count). The number of nitrogens with zero attached hydrogens (tertiary/aromatic N) is 5. The molecule has 15 nitrogen and oxygen atoms in total. The number of imidazole rings is 1. The van der Waals surface area contributed by atoms with E-state index in [0.717, 1.165) is 0 Å². The number of nitrogen functional groups attached to an aromatic ring is 1. The number of carboxylic acid groups (broad SMARTS) is 2. The molecule has 0 aliphatic rings. The Morgan fingerprint density at radius 2 is 1.97 bits per heavy atom. The van der Waals surface area contributed by atoms with Crippen LogP contribution in [0.1, 0.15) is 29.2 Å². The second kappa shape index (κ2) is 8.76. The van der Waals surface area contributed by atoms with E-state index >= 15 is 0 Å². The topological polar surface area (TPSA) is 242 Å². The molecule has 0 saturated carbocycles. The number of hydrogen-bond donors (Lipinski definition) is 6. The average Bonchev–Trinajstić information content (AvgIpc) is 3.18. The van der Waals surface area contributed by atoms with Crippen molar-refractivity contribution in [2.24, 2.45) is 4.99 Å². The van der Waals surface area contributed by atoms with Crippen molar-refractivity contribution in [2.45, 2.75) is 18.9 Å². The third-order valence-corrected chi connectivity index (χ3v) is 3.82. The highest BCUT2D eigenvalue weighted by atomic mass is 16.4. The molecule has 3 aromatic heterocycles. The molecule has 0 saturated heterocycles. The lowest BCUT2D eigenvalue weighted by molar-refractivity contribution is -0.140. The minimum atomic E-state index is -1.39. The molecule has 0 radical (unpaired) electrons. The number of aromatic amines is 2. The van der Waals surface area contributed by atoms with Crippen LogP contribution in [0, 0.1) is 0 Å². The number of aliphatic imine (C=N–C) groups is 1. The maximum absolute atomic E-state index is 12.2. The molecular weight excluding hydrogens is 414 g/mol. The second-order valence-corrected chi connectivity index (χ2v) is 6.09. The first-order chi connectivity index (χ1) is 14.7. The monoisotopic (exact) mass is 429 g/mol. The van der Waals surface area contributed by atoms with Gasteiger partial charge in [0.2, 0.25) is 5.95 Å². The van der Waals surface area contributed by atoms with E-state index in [1.165, 1.54) is 18.6 Å². The van der Waals surface area contributed by atoms with E-state index < -0.39 is 35.9 Å². The highest BCUT2D eigenvalue weighted by Gasteiger charge is 2.23. The fourth-order valence-electron chi connectivity index (χ4n) is 2.39. The van der Waals surface area contributed by atoms with Gasteiger partial charge in [-0.2, -0.15) is 4.98 Å². The average molecular weight is 429 g/mol. The quantitative estimate of drug-likeness (QED) is 0.233. The molecule has 0 fully saturated rings. The predicted octanol–water partition coefficient (Wildman–Crippen LogP) is -1.18. The highest BCUT2D eigenvalue weighted by Crippen LogP contribution is 2.09. The van der Waals surface area contributed by atoms with Crippen molar-refractivity contribution >= 4 is 47.0 Å². The van der Waals surface area contributed by atoms with Crippen LogP contribution >= 0.6 is 0 Å². The van der Waals surface area contributed by atoms with Crippen LogP contribution in [0.25, 0.3) is 11.2 Å². The van der Waals surface area contributed by atoms with Crippen LogP contribution in [-0.4, -0.2) is 70.2 Å². The Kier molecular flexibility index (Phi) is 5.95. The maximum Gasteiger partial charge on any atom is 0.326 e. The van der Waals surface area contributed by atoms with Crippen molar-refractivity contribution in [3.8, 4) is 0 Å². The number of anilines is 1. The molecule has 1 amide bonds. The first-order valence-corrected chi connectivity index (χ1v) is 8.60. The van der Waals surface area contributed by atoms with Crippen molar-refractivity contribution in [3.63, 3.8) is 0 Å². The van der Waals surface area contributed by atoms with Gasteiger partial charge in [-0.25, -0.2) is 24.7 Å². The molecule has 0 aromatic carbocycles. The van der Waals surface area contributed by atoms with Gasteiger partial charge in [-0.05, 0) is 6.42 Å². The Hall–Kier alpha value is -4.69. The molecule has 0 aliphatic carbocycles. The molecule has 7 N–H and O–H groups in total. The molecule has 15 heteroatoms. The van der Waals surface area contributed by atoms with Gasteiger partial charge < -0.3 is 26.2 Å². The molecule has 0 bridgehead atoms. The first-order valence-electron chi connectivity index (χ1n) is 8.60. The fourth-order valence-corrected chi connectivity index (χ4v) is 2.39. The number of nitrogens with two attached hydrogens (primary N) is 1. The molecule has 3 aromatic rings. The van der Waals surface area contributed by atoms with Gasteiger partial charge in [-0.3, -0.25) is 19.4 Å². The summed E-state index contributed by atoms with van der Waals surface area (Å²) >= 11 is 0. The van der Waals surface area contributed by atoms with Gasteiger partial charge >= 0.3 is 11.9 Å². The van der Waals surface area contributed by atoms with Crippen LogP contribution in [0.15, 0.2) is 22.2 Å². The van der Waals surface area contributed by atoms with Crippen molar-refractivity contribution in [3.05, 3.63) is 34.3 Å². The zero-order valence-electron chi connectivity index (χ0n) is 15.6. The summed E-state index contributed by atoms with van der Waals surface area (Å²) in [6, 6.07) is -1.39. The third kappa shape index (κ3) is 5.22. The van der Waals surface area contributed by atoms with Crippen LogP contribution in [-0.2, 0) is 9.59 Å². The van der Waals surface area contributed by atoms with E-state index in [1.807, 2.05) is 0 Å². The number of carbonyl (C=O) groups excluding carboxylic acids is 1. The van der Waals surface area contributed by atoms with E-state index in [-0.39, 0.29) is 40.9 Å². The summed E-state index contributed by atoms with van der Waals surface area (Å²) in [5.41, 5.74) is 5.11. The Balaban J connectivity index is 1.71. The van der Waals surface area contributed by atoms with Crippen LogP contribution in [0.2, 0.25) is 0 Å². The summed E-state index contributed by atoms with van der Waals surface area (Å²) in [7, 11) is 0. The van der Waals surface area contributed by atoms with E-state index in [9.17, 15) is 19.2 Å². The summed E-state index contributed by atoms with van der Waals surface area (Å²) in [4.78, 5) is 70.4. The molecule has 31 heavy (non-hydrogen) atoms. The van der Waals surface area contributed by atoms with E-state index in [1.54, 1.807) is 0 Å². The normalized spacial score (nSPS) is 12.1. The summed E-state index contributed by atoms with van der Waals surface area (Å²) in [6.45, 7) is 0. The van der Waals surface area contributed by atoms with Crippen LogP contribution in [0.4, 0.5) is 11.8 Å². The lowest BCUT2D eigenvalue weighted by atomic mass is 10.1. The molecule has 0 aliphatic heterocycles. The largest absolute Gasteiger partial charge is 0.481 e. The van der Waals surface area contributed by atoms with Crippen LogP contribution in [0.3, 0.4) is 0 Å². The Morgan fingerprint density at radius 1 is 1.19 bits per heavy atom. The van der Waals surface area contributed by atoms with Gasteiger partial charge in [0.05, 0.1) is 18.6 Å². The van der Waals surface area contributed by atoms with E-state index in [0.29, 0.717) is 0 Å². The van der Waals surface area contributed by atoms with Crippen LogP contribution < -0.4 is 16.6 Å². The second-order valence-electron chi connectivity index (χ2n) is 6.09. The lowest BCUT2D eigenvalue weighted by Crippen LogP contribution is -2.41. The van der Waals surface area contributed by atoms with Gasteiger partial charge in [-0.15, -0.1) is 0 Å². The number of aliphatic carboxylic acids is 2. The zero-order chi connectivity index (χ0) is 22.5. The van der Waals surface area contributed by atoms with Gasteiger partial charge in [0.15, 0.2) is 17.0 Å². The van der Waals surface area contributed by atoms with E-state index in [2.05, 4.69) is 40.2 Å². The minimum Gasteiger partial charge on any atom is -0.481 e. The number of carbonyl (C=O) groups is 3. The van der Waals surface area contributed by atoms with E-state index in [4.69, 9.17) is 15.9 Å². The van der Waals surface area contributed by atoms with Gasteiger partial charge in [0.1, 0.15) is 17.6 Å². The van der Waals surface area contributed by atoms with Crippen molar-refractivity contribution in [1.29, 1.82) is 0 Å². The third-order valence-electron chi connectivity index (χ3n) is 3.82. The predicted molar refractivity (Wildman–Crippen MR) is 104 cm³/mol. The van der Waals surface area contributed by atoms with Crippen molar-refractivity contribution in [1.82, 2.24) is 35.2 Å². The molecule has 160 valence electrons. The van der Waals surface area contributed by atoms with Crippen LogP contribution in [0.5, 0.6) is 0 Å². The van der Waals surface area contributed by atoms with Gasteiger partial charge in [0.25, 0.3) is 11.5 Å². The number of fused-ring (bicyclic) bond motifs is 1. The number of rotatable bonds is 8. The number of amides is 1. The molecule has 1 atom stereocenters. The summed E-state index contributed by atoms with van der Waals surface area (Å²) < 4.78 is 0. The molecule has 3 heterocycles. The number of H-pyrrole nitrogens is 2. The summed E-state index contributed by atoms with van der Waals surface area (Å²) in [5.74, 6) is -3.60. The fraction of sp³-hybridized carbons (Fsp3) is 0.188. The number of hydrogen-bond acceptors (Lipinski definition) is 10. The Labute approximate surface area is 171 Å². The summed E-state index contributed by atoms with van der Waals surface area (Å²) in [6.07, 6.45) is 3.05. The number of nitrogens with one attached hydrogen (secondary N) is 3. The highest BCUT2D eigenvalue weighted by molar-refractivity contribution is 5.94. The maximum atomic E-state index is 12.2. The minimum absolute atomic E-state index is 0.0381. The van der Waals surface area contributed by atoms with Gasteiger partial charge in [-0.1, -0.05) is 0 Å². The standard InChI is InChI=1S/C16H15N9O6/c17-16-24-11-10(13(28)25-16)21-6(4-19-11)3-18-8-5-20-12(23-8)14(29)22-7(15(30)31)1-2-9(26)27/h3-5,7H,1-2H2,(H,20,23)(H,22,29)(H,26,27)(H,30,31)(H3,17,19,24,25,28). The summed E-state index contributed by atoms with van der Waals surface area (Å²) in [5, 5.41) is 19.9. The lowest BCUT2D eigenvalue weighted by Gasteiger charge is -2.12. The zero-order valence-corrected chi connectivity index (χ0v) is 15.6. The molecular formula is C16H15N9O6. The SMILES string of the molecule is Nc1nc2ncc(C=Nc3cnc(C(=O)NC(CCC(=O)O)C(=O)O)[nH]3)nc2c(=O)[nH]1. The Bertz CT molecular complexity index is 1250. The molecule has 1 unspecified atom stereocenters. The number of aromatic nitrogens is 6. The Morgan fingerprint density at radius 3 is 2.68 bits per heavy atom. The molecule has 0 spiro atoms. The first kappa shape index (κ1) is 21.0. The number of carboxylic acids is 2. The van der Waals surface area contributed by atoms with Gasteiger partial charge in [0, 0.05) is 6.42 Å².